The van der Waals surface area contributed by atoms with Crippen LogP contribution in [0, 0.1) is 0 Å². The van der Waals surface area contributed by atoms with Gasteiger partial charge in [0.05, 0.1) is 0 Å². The van der Waals surface area contributed by atoms with Gasteiger partial charge >= 0.3 is 0 Å². The molecule has 0 aliphatic heterocycles. The minimum atomic E-state index is 0.390. The van der Waals surface area contributed by atoms with Crippen LogP contribution in [0.15, 0.2) is 67.8 Å². The first-order chi connectivity index (χ1) is 9.74. The first-order valence-electron chi connectivity index (χ1n) is 6.84. The van der Waals surface area contributed by atoms with E-state index in [-0.39, 0.29) is 0 Å². The Bertz CT molecular complexity index is 597. The van der Waals surface area contributed by atoms with Crippen molar-refractivity contribution in [3.05, 3.63) is 90.0 Å². The second kappa shape index (κ2) is 6.76. The molecule has 0 amide bonds. The molecular formula is C19H20O. The summed E-state index contributed by atoms with van der Waals surface area (Å²) in [5.41, 5.74) is 4.28. The van der Waals surface area contributed by atoms with Gasteiger partial charge in [-0.1, -0.05) is 54.6 Å². The number of phenolic OH excluding ortho intramolecular Hbond substituents is 1. The topological polar surface area (TPSA) is 20.2 Å². The molecule has 0 atom stereocenters. The smallest absolute Gasteiger partial charge is 0.122 e. The Labute approximate surface area is 120 Å². The summed E-state index contributed by atoms with van der Waals surface area (Å²) < 4.78 is 0. The average Bonchev–Trinajstić information content (AvgIpc) is 2.45. The molecule has 0 unspecified atom stereocenters. The van der Waals surface area contributed by atoms with Crippen LogP contribution in [-0.2, 0) is 19.3 Å². The maximum atomic E-state index is 10.4. The standard InChI is InChI=1S/C19H20O/c1-3-8-16-13-17(9-4-2)19(20)18(14-16)12-15-10-6-5-7-11-15/h3-7,10-11,13-14,20H,1-2,8-9,12H2. The number of hydrogen-bond acceptors (Lipinski definition) is 1. The fourth-order valence-corrected chi connectivity index (χ4v) is 2.38. The largest absolute Gasteiger partial charge is 0.507 e. The highest BCUT2D eigenvalue weighted by atomic mass is 16.3. The summed E-state index contributed by atoms with van der Waals surface area (Å²) in [5.74, 6) is 0.390. The summed E-state index contributed by atoms with van der Waals surface area (Å²) in [7, 11) is 0. The summed E-state index contributed by atoms with van der Waals surface area (Å²) in [6.07, 6.45) is 5.93. The van der Waals surface area contributed by atoms with Gasteiger partial charge in [-0.25, -0.2) is 0 Å². The van der Waals surface area contributed by atoms with E-state index in [1.165, 1.54) is 11.1 Å². The lowest BCUT2D eigenvalue weighted by molar-refractivity contribution is 0.463. The Hall–Kier alpha value is -2.28. The molecule has 0 aromatic heterocycles. The molecular weight excluding hydrogens is 244 g/mol. The number of rotatable bonds is 6. The van der Waals surface area contributed by atoms with Crippen LogP contribution in [0.2, 0.25) is 0 Å². The summed E-state index contributed by atoms with van der Waals surface area (Å²) in [4.78, 5) is 0. The number of hydrogen-bond donors (Lipinski definition) is 1. The molecule has 2 rings (SSSR count). The second-order valence-electron chi connectivity index (χ2n) is 4.91. The summed E-state index contributed by atoms with van der Waals surface area (Å²) in [5, 5.41) is 10.4. The van der Waals surface area contributed by atoms with Crippen LogP contribution >= 0.6 is 0 Å². The first kappa shape index (κ1) is 14.1. The van der Waals surface area contributed by atoms with Gasteiger partial charge in [0.15, 0.2) is 0 Å². The van der Waals surface area contributed by atoms with Crippen molar-refractivity contribution in [2.24, 2.45) is 0 Å². The van der Waals surface area contributed by atoms with E-state index in [1.807, 2.05) is 36.4 Å². The van der Waals surface area contributed by atoms with Crippen molar-refractivity contribution in [1.29, 1.82) is 0 Å². The lowest BCUT2D eigenvalue weighted by atomic mass is 9.96. The van der Waals surface area contributed by atoms with E-state index < -0.39 is 0 Å². The second-order valence-corrected chi connectivity index (χ2v) is 4.91. The van der Waals surface area contributed by atoms with Crippen LogP contribution in [0.25, 0.3) is 0 Å². The van der Waals surface area contributed by atoms with Gasteiger partial charge in [-0.05, 0) is 35.1 Å². The molecule has 0 bridgehead atoms. The summed E-state index contributed by atoms with van der Waals surface area (Å²) >= 11 is 0. The zero-order chi connectivity index (χ0) is 14.4. The molecule has 20 heavy (non-hydrogen) atoms. The van der Waals surface area contributed by atoms with Gasteiger partial charge in [0.1, 0.15) is 5.75 Å². The molecule has 2 aromatic rings. The van der Waals surface area contributed by atoms with Crippen molar-refractivity contribution < 1.29 is 5.11 Å². The molecule has 0 fully saturated rings. The number of aromatic hydroxyl groups is 1. The van der Waals surface area contributed by atoms with E-state index in [9.17, 15) is 5.11 Å². The lowest BCUT2D eigenvalue weighted by Gasteiger charge is -2.12. The molecule has 2 aromatic carbocycles. The van der Waals surface area contributed by atoms with Crippen LogP contribution in [-0.4, -0.2) is 5.11 Å². The third kappa shape index (κ3) is 3.39. The number of phenols is 1. The van der Waals surface area contributed by atoms with Crippen LogP contribution in [0.5, 0.6) is 5.75 Å². The van der Waals surface area contributed by atoms with E-state index in [4.69, 9.17) is 0 Å². The fraction of sp³-hybridized carbons (Fsp3) is 0.158. The molecule has 0 aliphatic carbocycles. The molecule has 1 heteroatoms. The molecule has 0 aliphatic rings. The maximum Gasteiger partial charge on any atom is 0.122 e. The van der Waals surface area contributed by atoms with Crippen molar-refractivity contribution in [1.82, 2.24) is 0 Å². The summed E-state index contributed by atoms with van der Waals surface area (Å²) in [6.45, 7) is 7.54. The Morgan fingerprint density at radius 3 is 2.15 bits per heavy atom. The first-order valence-corrected chi connectivity index (χ1v) is 6.84. The fourth-order valence-electron chi connectivity index (χ4n) is 2.38. The van der Waals surface area contributed by atoms with Crippen molar-refractivity contribution >= 4 is 0 Å². The Kier molecular flexibility index (Phi) is 4.78. The van der Waals surface area contributed by atoms with E-state index in [0.29, 0.717) is 12.2 Å². The van der Waals surface area contributed by atoms with E-state index in [0.717, 1.165) is 24.0 Å². The number of allylic oxidation sites excluding steroid dienone is 2. The molecule has 1 N–H and O–H groups in total. The quantitative estimate of drug-likeness (QED) is 0.765. The molecule has 0 saturated heterocycles. The Balaban J connectivity index is 2.39. The van der Waals surface area contributed by atoms with E-state index >= 15 is 0 Å². The van der Waals surface area contributed by atoms with Gasteiger partial charge in [0.25, 0.3) is 0 Å². The monoisotopic (exact) mass is 264 g/mol. The minimum Gasteiger partial charge on any atom is -0.507 e. The maximum absolute atomic E-state index is 10.4. The van der Waals surface area contributed by atoms with Gasteiger partial charge in [-0.3, -0.25) is 0 Å². The zero-order valence-corrected chi connectivity index (χ0v) is 11.7. The average molecular weight is 264 g/mol. The van der Waals surface area contributed by atoms with E-state index in [2.05, 4.69) is 31.4 Å². The molecule has 0 radical (unpaired) electrons. The SMILES string of the molecule is C=CCc1cc(CC=C)c(O)c(Cc2ccccc2)c1. The molecule has 0 spiro atoms. The highest BCUT2D eigenvalue weighted by Crippen LogP contribution is 2.28. The van der Waals surface area contributed by atoms with Gasteiger partial charge in [-0.2, -0.15) is 0 Å². The zero-order valence-electron chi connectivity index (χ0n) is 11.7. The Morgan fingerprint density at radius 1 is 0.850 bits per heavy atom. The number of benzene rings is 2. The molecule has 0 heterocycles. The van der Waals surface area contributed by atoms with Gasteiger partial charge in [0, 0.05) is 6.42 Å². The van der Waals surface area contributed by atoms with Crippen molar-refractivity contribution in [2.75, 3.05) is 0 Å². The predicted octanol–water partition coefficient (Wildman–Crippen LogP) is 4.44. The Morgan fingerprint density at radius 2 is 1.50 bits per heavy atom. The molecule has 1 nitrogen and oxygen atoms in total. The highest BCUT2D eigenvalue weighted by Gasteiger charge is 2.09. The third-order valence-electron chi connectivity index (χ3n) is 3.31. The summed E-state index contributed by atoms with van der Waals surface area (Å²) in [6, 6.07) is 14.3. The predicted molar refractivity (Wildman–Crippen MR) is 85.2 cm³/mol. The van der Waals surface area contributed by atoms with E-state index in [1.54, 1.807) is 0 Å². The molecule has 102 valence electrons. The van der Waals surface area contributed by atoms with Gasteiger partial charge in [0.2, 0.25) is 0 Å². The van der Waals surface area contributed by atoms with Gasteiger partial charge < -0.3 is 5.11 Å². The van der Waals surface area contributed by atoms with Crippen molar-refractivity contribution in [3.63, 3.8) is 0 Å². The van der Waals surface area contributed by atoms with Crippen molar-refractivity contribution in [2.45, 2.75) is 19.3 Å². The van der Waals surface area contributed by atoms with Crippen LogP contribution in [0.4, 0.5) is 0 Å². The van der Waals surface area contributed by atoms with Crippen LogP contribution in [0.3, 0.4) is 0 Å². The molecule has 0 saturated carbocycles. The normalized spacial score (nSPS) is 10.2. The van der Waals surface area contributed by atoms with Crippen LogP contribution < -0.4 is 0 Å². The van der Waals surface area contributed by atoms with Gasteiger partial charge in [-0.15, -0.1) is 13.2 Å². The third-order valence-corrected chi connectivity index (χ3v) is 3.31. The van der Waals surface area contributed by atoms with Crippen molar-refractivity contribution in [3.8, 4) is 5.75 Å². The van der Waals surface area contributed by atoms with Crippen LogP contribution in [0.1, 0.15) is 22.3 Å². The highest BCUT2D eigenvalue weighted by molar-refractivity contribution is 5.47. The minimum absolute atomic E-state index is 0.390. The lowest BCUT2D eigenvalue weighted by Crippen LogP contribution is -1.96.